The number of furan rings is 1. The minimum Gasteiger partial charge on any atom is -0.474 e. The topological polar surface area (TPSA) is 165 Å². The average molecular weight is 551 g/mol. The zero-order valence-electron chi connectivity index (χ0n) is 20.4. The first-order valence-corrected chi connectivity index (χ1v) is 11.9. The molecule has 1 atom stereocenters. The van der Waals surface area contributed by atoms with E-state index in [9.17, 15) is 19.7 Å². The van der Waals surface area contributed by atoms with Crippen LogP contribution in [0.1, 0.15) is 5.76 Å². The Balaban J connectivity index is 1.56. The molecule has 0 unspecified atom stereocenters. The summed E-state index contributed by atoms with van der Waals surface area (Å²) in [5.74, 6) is -1.31. The number of nitrogens with two attached hydrogens (primary N) is 1. The second-order valence-corrected chi connectivity index (χ2v) is 8.33. The fourth-order valence-corrected chi connectivity index (χ4v) is 3.68. The molecule has 15 heteroatoms. The van der Waals surface area contributed by atoms with E-state index in [1.807, 2.05) is 0 Å². The summed E-state index contributed by atoms with van der Waals surface area (Å²) < 4.78 is 30.2. The molecule has 1 saturated heterocycles. The number of carbonyl (C=O) groups excluding carboxylic acids is 2. The lowest BCUT2D eigenvalue weighted by molar-refractivity contribution is -0.402. The number of hydrogen-bond acceptors (Lipinski definition) is 10. The van der Waals surface area contributed by atoms with Crippen LogP contribution in [0.15, 0.2) is 40.8 Å². The monoisotopic (exact) mass is 550 g/mol. The molecule has 38 heavy (non-hydrogen) atoms. The van der Waals surface area contributed by atoms with Gasteiger partial charge in [0.05, 0.1) is 37.6 Å². The highest BCUT2D eigenvalue weighted by molar-refractivity contribution is 7.80. The molecule has 0 spiro atoms. The van der Waals surface area contributed by atoms with Crippen LogP contribution in [-0.4, -0.2) is 74.6 Å². The summed E-state index contributed by atoms with van der Waals surface area (Å²) in [5, 5.41) is 16.3. The number of cyclic esters (lactones) is 1. The molecule has 0 aliphatic carbocycles. The van der Waals surface area contributed by atoms with Gasteiger partial charge in [0.2, 0.25) is 5.91 Å². The maximum atomic E-state index is 15.1. The molecule has 0 saturated carbocycles. The van der Waals surface area contributed by atoms with Crippen molar-refractivity contribution in [3.63, 3.8) is 0 Å². The van der Waals surface area contributed by atoms with E-state index < -0.39 is 34.7 Å². The lowest BCUT2D eigenvalue weighted by Crippen LogP contribution is -2.37. The second-order valence-electron chi connectivity index (χ2n) is 7.96. The van der Waals surface area contributed by atoms with Gasteiger partial charge in [-0.3, -0.25) is 19.8 Å². The largest absolute Gasteiger partial charge is 0.474 e. The number of thiocarbonyl (C=S) groups is 1. The molecule has 3 rings (SSSR count). The number of benzene rings is 1. The Morgan fingerprint density at radius 3 is 2.82 bits per heavy atom. The molecule has 1 aromatic carbocycles. The minimum absolute atomic E-state index is 0.154. The summed E-state index contributed by atoms with van der Waals surface area (Å²) in [6.45, 7) is 1.42. The molecule has 2 heterocycles. The van der Waals surface area contributed by atoms with Crippen LogP contribution in [-0.2, 0) is 14.3 Å². The standard InChI is InChI=1S/C23H27FN6O7S/c1-35-22(38)27-13-17-14-29(23(32)37-17)15-2-5-19(18(24)12-15)28(10-8-25)11-9-26-20(31)6-3-16-4-7-21(36-16)30(33)34/h2-7,12,17H,8-11,13-14,25H2,1H3,(H,26,31)(H,27,38)/t17-/m0/s1. The summed E-state index contributed by atoms with van der Waals surface area (Å²) in [4.78, 5) is 37.3. The Hall–Kier alpha value is -4.24. The van der Waals surface area contributed by atoms with Gasteiger partial charge in [0.15, 0.2) is 0 Å². The van der Waals surface area contributed by atoms with E-state index in [0.29, 0.717) is 12.2 Å². The zero-order valence-corrected chi connectivity index (χ0v) is 21.2. The molecule has 0 radical (unpaired) electrons. The van der Waals surface area contributed by atoms with Crippen LogP contribution in [0.4, 0.5) is 26.4 Å². The zero-order chi connectivity index (χ0) is 27.7. The van der Waals surface area contributed by atoms with Crippen LogP contribution in [0.2, 0.25) is 0 Å². The molecule has 1 aliphatic rings. The molecule has 4 N–H and O–H groups in total. The molecule has 2 amide bonds. The number of carbonyl (C=O) groups is 2. The maximum Gasteiger partial charge on any atom is 0.433 e. The fraction of sp³-hybridized carbons (Fsp3) is 0.348. The Labute approximate surface area is 222 Å². The number of amides is 2. The van der Waals surface area contributed by atoms with Gasteiger partial charge >= 0.3 is 12.0 Å². The molecular weight excluding hydrogens is 523 g/mol. The third kappa shape index (κ3) is 7.63. The highest BCUT2D eigenvalue weighted by atomic mass is 32.1. The van der Waals surface area contributed by atoms with Gasteiger partial charge in [0.25, 0.3) is 5.17 Å². The summed E-state index contributed by atoms with van der Waals surface area (Å²) in [6.07, 6.45) is 1.37. The van der Waals surface area contributed by atoms with Gasteiger partial charge in [-0.2, -0.15) is 0 Å². The van der Waals surface area contributed by atoms with Gasteiger partial charge in [-0.15, -0.1) is 0 Å². The van der Waals surface area contributed by atoms with Crippen molar-refractivity contribution in [1.29, 1.82) is 0 Å². The van der Waals surface area contributed by atoms with Crippen molar-refractivity contribution < 1.29 is 32.8 Å². The number of methoxy groups -OCH3 is 1. The molecule has 1 aliphatic heterocycles. The Morgan fingerprint density at radius 2 is 2.16 bits per heavy atom. The van der Waals surface area contributed by atoms with Crippen molar-refractivity contribution in [2.75, 3.05) is 56.2 Å². The highest BCUT2D eigenvalue weighted by Gasteiger charge is 2.33. The van der Waals surface area contributed by atoms with Gasteiger partial charge in [-0.25, -0.2) is 9.18 Å². The first-order chi connectivity index (χ1) is 18.2. The summed E-state index contributed by atoms with van der Waals surface area (Å²) in [6, 6.07) is 6.92. The van der Waals surface area contributed by atoms with Crippen LogP contribution < -0.4 is 26.2 Å². The van der Waals surface area contributed by atoms with Gasteiger partial charge in [0, 0.05) is 32.3 Å². The van der Waals surface area contributed by atoms with E-state index in [0.717, 1.165) is 0 Å². The smallest absolute Gasteiger partial charge is 0.433 e. The van der Waals surface area contributed by atoms with Crippen LogP contribution >= 0.6 is 12.2 Å². The first kappa shape index (κ1) is 28.3. The predicted molar refractivity (Wildman–Crippen MR) is 140 cm³/mol. The van der Waals surface area contributed by atoms with Crippen molar-refractivity contribution >= 4 is 52.7 Å². The summed E-state index contributed by atoms with van der Waals surface area (Å²) in [7, 11) is 1.42. The number of nitrogens with one attached hydrogen (secondary N) is 2. The lowest BCUT2D eigenvalue weighted by atomic mass is 10.2. The van der Waals surface area contributed by atoms with E-state index in [4.69, 9.17) is 31.8 Å². The van der Waals surface area contributed by atoms with Crippen molar-refractivity contribution in [1.82, 2.24) is 10.6 Å². The summed E-state index contributed by atoms with van der Waals surface area (Å²) in [5.41, 5.74) is 6.28. The second kappa shape index (κ2) is 13.3. The van der Waals surface area contributed by atoms with E-state index in [-0.39, 0.29) is 49.3 Å². The van der Waals surface area contributed by atoms with Crippen molar-refractivity contribution in [2.24, 2.45) is 5.73 Å². The van der Waals surface area contributed by atoms with Gasteiger partial charge in [-0.05, 0) is 42.6 Å². The van der Waals surface area contributed by atoms with E-state index in [1.54, 1.807) is 11.0 Å². The van der Waals surface area contributed by atoms with E-state index in [1.165, 1.54) is 48.4 Å². The number of ether oxygens (including phenoxy) is 2. The number of anilines is 2. The van der Waals surface area contributed by atoms with Crippen LogP contribution in [0.5, 0.6) is 0 Å². The van der Waals surface area contributed by atoms with Gasteiger partial charge in [-0.1, -0.05) is 0 Å². The van der Waals surface area contributed by atoms with Gasteiger partial charge < -0.3 is 35.2 Å². The van der Waals surface area contributed by atoms with Crippen LogP contribution in [0.3, 0.4) is 0 Å². The predicted octanol–water partition coefficient (Wildman–Crippen LogP) is 1.77. The van der Waals surface area contributed by atoms with E-state index >= 15 is 4.39 Å². The third-order valence-electron chi connectivity index (χ3n) is 5.39. The molecule has 204 valence electrons. The maximum absolute atomic E-state index is 15.1. The lowest BCUT2D eigenvalue weighted by Gasteiger charge is -2.25. The van der Waals surface area contributed by atoms with Gasteiger partial charge in [0.1, 0.15) is 22.6 Å². The molecule has 0 bridgehead atoms. The Bertz CT molecular complexity index is 1210. The summed E-state index contributed by atoms with van der Waals surface area (Å²) >= 11 is 4.90. The van der Waals surface area contributed by atoms with Crippen molar-refractivity contribution in [2.45, 2.75) is 6.10 Å². The van der Waals surface area contributed by atoms with E-state index in [2.05, 4.69) is 10.6 Å². The average Bonchev–Trinajstić information content (AvgIpc) is 3.52. The number of hydrogen-bond donors (Lipinski definition) is 3. The number of rotatable bonds is 12. The molecule has 1 fully saturated rings. The normalized spacial score (nSPS) is 14.9. The quantitative estimate of drug-likeness (QED) is 0.153. The third-order valence-corrected chi connectivity index (χ3v) is 5.70. The number of halogens is 1. The SMILES string of the molecule is COC(=S)NC[C@H]1CN(c2ccc(N(CCN)CCNC(=O)C=Cc3ccc([N+](=O)[O-])o3)c(F)c2)C(=O)O1. The van der Waals surface area contributed by atoms with Crippen LogP contribution in [0.25, 0.3) is 6.08 Å². The Morgan fingerprint density at radius 1 is 1.37 bits per heavy atom. The molecule has 2 aromatic rings. The first-order valence-electron chi connectivity index (χ1n) is 11.5. The minimum atomic E-state index is -0.680. The van der Waals surface area contributed by atoms with Crippen LogP contribution in [0, 0.1) is 15.9 Å². The molecule has 13 nitrogen and oxygen atoms in total. The molecule has 1 aromatic heterocycles. The van der Waals surface area contributed by atoms with Crippen molar-refractivity contribution in [3.8, 4) is 0 Å². The van der Waals surface area contributed by atoms with Crippen molar-refractivity contribution in [3.05, 3.63) is 58.1 Å². The number of nitrogens with zero attached hydrogens (tertiary/aromatic N) is 3. The number of nitro groups is 1. The fourth-order valence-electron chi connectivity index (χ4n) is 3.60. The molecular formula is C23H27FN6O7S. The Kier molecular flexibility index (Phi) is 9.95. The highest BCUT2D eigenvalue weighted by Crippen LogP contribution is 2.28.